The van der Waals surface area contributed by atoms with Crippen LogP contribution in [0.4, 0.5) is 0 Å². The number of hydrogen-bond acceptors (Lipinski definition) is 2. The van der Waals surface area contributed by atoms with Gasteiger partial charge in [-0.2, -0.15) is 0 Å². The normalized spacial score (nSPS) is 11.1. The molecule has 0 aromatic heterocycles. The molecule has 0 unspecified atom stereocenters. The van der Waals surface area contributed by atoms with Crippen LogP contribution in [0.15, 0.2) is 24.3 Å². The zero-order chi connectivity index (χ0) is 10.6. The minimum atomic E-state index is -0.445. The quantitative estimate of drug-likeness (QED) is 0.567. The Morgan fingerprint density at radius 2 is 1.93 bits per heavy atom. The Hall–Kier alpha value is -1.02. The van der Waals surface area contributed by atoms with Gasteiger partial charge in [-0.3, -0.25) is 0 Å². The lowest BCUT2D eigenvalue weighted by Gasteiger charge is -2.17. The van der Waals surface area contributed by atoms with Crippen molar-refractivity contribution in [2.75, 3.05) is 6.07 Å². The van der Waals surface area contributed by atoms with Crippen molar-refractivity contribution in [3.63, 3.8) is 0 Å². The Morgan fingerprint density at radius 3 is 2.36 bits per heavy atom. The molecule has 0 saturated heterocycles. The summed E-state index contributed by atoms with van der Waals surface area (Å²) in [5.41, 5.74) is 0.522. The van der Waals surface area contributed by atoms with Crippen molar-refractivity contribution in [1.82, 2.24) is 0 Å². The van der Waals surface area contributed by atoms with E-state index in [9.17, 15) is 4.79 Å². The van der Waals surface area contributed by atoms with Crippen LogP contribution in [0, 0.1) is 0 Å². The number of carbonyl (C=O) groups excluding carboxylic acids is 1. The molecule has 0 fully saturated rings. The molecule has 0 aliphatic carbocycles. The molecule has 0 atom stereocenters. The highest BCUT2D eigenvalue weighted by molar-refractivity contribution is 6.17. The Labute approximate surface area is 88.8 Å². The van der Waals surface area contributed by atoms with Crippen molar-refractivity contribution in [1.29, 1.82) is 0 Å². The van der Waals surface area contributed by atoms with E-state index in [1.54, 1.807) is 0 Å². The van der Waals surface area contributed by atoms with E-state index in [0.717, 1.165) is 11.8 Å². The number of alkyl halides is 1. The highest BCUT2D eigenvalue weighted by Crippen LogP contribution is 2.23. The maximum absolute atomic E-state index is 10.8. The van der Waals surface area contributed by atoms with Crippen LogP contribution >= 0.6 is 11.6 Å². The zero-order valence-corrected chi connectivity index (χ0v) is 9.04. The van der Waals surface area contributed by atoms with E-state index in [4.69, 9.17) is 16.3 Å². The smallest absolute Gasteiger partial charge is 0.162 e. The number of aldehydes is 1. The molecule has 0 saturated carbocycles. The van der Waals surface area contributed by atoms with Gasteiger partial charge in [-0.25, -0.2) is 0 Å². The van der Waals surface area contributed by atoms with Crippen molar-refractivity contribution < 1.29 is 9.53 Å². The first-order valence-corrected chi connectivity index (χ1v) is 4.89. The average molecular weight is 213 g/mol. The summed E-state index contributed by atoms with van der Waals surface area (Å²) in [5, 5.41) is 0. The Kier molecular flexibility index (Phi) is 3.53. The molecular weight excluding hydrogens is 200 g/mol. The van der Waals surface area contributed by atoms with Crippen LogP contribution in [0.5, 0.6) is 5.75 Å². The Morgan fingerprint density at radius 1 is 1.36 bits per heavy atom. The first kappa shape index (κ1) is 11.1. The molecule has 0 aliphatic rings. The lowest BCUT2D eigenvalue weighted by atomic mass is 9.86. The third-order valence-corrected chi connectivity index (χ3v) is 2.22. The third-order valence-electron chi connectivity index (χ3n) is 2.11. The van der Waals surface area contributed by atoms with E-state index >= 15 is 0 Å². The van der Waals surface area contributed by atoms with Crippen molar-refractivity contribution in [2.24, 2.45) is 0 Å². The summed E-state index contributed by atoms with van der Waals surface area (Å²) in [5.74, 6) is 0.713. The zero-order valence-electron chi connectivity index (χ0n) is 8.29. The molecule has 0 amide bonds. The van der Waals surface area contributed by atoms with Gasteiger partial charge in [-0.1, -0.05) is 23.7 Å². The second kappa shape index (κ2) is 4.47. The number of benzene rings is 1. The van der Waals surface area contributed by atoms with Crippen LogP contribution in [0.3, 0.4) is 0 Å². The highest BCUT2D eigenvalue weighted by atomic mass is 35.5. The highest BCUT2D eigenvalue weighted by Gasteiger charge is 2.18. The SMILES string of the molecule is CC(C)(C=O)c1ccc(OCCl)cc1. The summed E-state index contributed by atoms with van der Waals surface area (Å²) in [6.45, 7) is 3.74. The van der Waals surface area contributed by atoms with Gasteiger partial charge < -0.3 is 9.53 Å². The third kappa shape index (κ3) is 2.48. The predicted octanol–water partition coefficient (Wildman–Crippen LogP) is 2.74. The first-order chi connectivity index (χ1) is 6.60. The molecule has 14 heavy (non-hydrogen) atoms. The second-order valence-corrected chi connectivity index (χ2v) is 3.84. The molecular formula is C11H13ClO2. The second-order valence-electron chi connectivity index (χ2n) is 3.62. The van der Waals surface area contributed by atoms with Gasteiger partial charge in [0.15, 0.2) is 6.07 Å². The molecule has 1 aromatic rings. The Balaban J connectivity index is 2.88. The van der Waals surface area contributed by atoms with Crippen LogP contribution < -0.4 is 4.74 Å². The van der Waals surface area contributed by atoms with E-state index in [1.807, 2.05) is 38.1 Å². The van der Waals surface area contributed by atoms with E-state index in [-0.39, 0.29) is 6.07 Å². The lowest BCUT2D eigenvalue weighted by molar-refractivity contribution is -0.111. The number of halogens is 1. The lowest BCUT2D eigenvalue weighted by Crippen LogP contribution is -2.18. The Bertz CT molecular complexity index is 304. The molecule has 2 nitrogen and oxygen atoms in total. The van der Waals surface area contributed by atoms with Crippen molar-refractivity contribution in [2.45, 2.75) is 19.3 Å². The molecule has 0 spiro atoms. The van der Waals surface area contributed by atoms with Crippen LogP contribution in [0.1, 0.15) is 19.4 Å². The maximum atomic E-state index is 10.8. The van der Waals surface area contributed by atoms with Gasteiger partial charge in [0.25, 0.3) is 0 Å². The van der Waals surface area contributed by atoms with Crippen LogP contribution in [0.2, 0.25) is 0 Å². The number of carbonyl (C=O) groups is 1. The molecule has 3 heteroatoms. The van der Waals surface area contributed by atoms with E-state index in [0.29, 0.717) is 5.75 Å². The minimum absolute atomic E-state index is 0.135. The fourth-order valence-corrected chi connectivity index (χ4v) is 1.24. The first-order valence-electron chi connectivity index (χ1n) is 4.36. The largest absolute Gasteiger partial charge is 0.478 e. The topological polar surface area (TPSA) is 26.3 Å². The standard InChI is InChI=1S/C11H13ClO2/c1-11(2,7-13)9-3-5-10(6-4-9)14-8-12/h3-7H,8H2,1-2H3. The summed E-state index contributed by atoms with van der Waals surface area (Å²) < 4.78 is 5.08. The van der Waals surface area contributed by atoms with Gasteiger partial charge in [0.2, 0.25) is 0 Å². The summed E-state index contributed by atoms with van der Waals surface area (Å²) >= 11 is 5.41. The van der Waals surface area contributed by atoms with Crippen LogP contribution in [-0.4, -0.2) is 12.4 Å². The van der Waals surface area contributed by atoms with E-state index in [2.05, 4.69) is 0 Å². The minimum Gasteiger partial charge on any atom is -0.478 e. The van der Waals surface area contributed by atoms with Crippen LogP contribution in [-0.2, 0) is 10.2 Å². The van der Waals surface area contributed by atoms with Gasteiger partial charge in [-0.15, -0.1) is 0 Å². The number of rotatable bonds is 4. The van der Waals surface area contributed by atoms with Gasteiger partial charge in [0.05, 0.1) is 0 Å². The predicted molar refractivity (Wildman–Crippen MR) is 56.9 cm³/mol. The molecule has 76 valence electrons. The van der Waals surface area contributed by atoms with Gasteiger partial charge in [0.1, 0.15) is 12.0 Å². The van der Waals surface area contributed by atoms with Crippen molar-refractivity contribution >= 4 is 17.9 Å². The van der Waals surface area contributed by atoms with Crippen molar-refractivity contribution in [3.8, 4) is 5.75 Å². The monoisotopic (exact) mass is 212 g/mol. The fourth-order valence-electron chi connectivity index (χ4n) is 1.11. The molecule has 0 aliphatic heterocycles. The van der Waals surface area contributed by atoms with Crippen molar-refractivity contribution in [3.05, 3.63) is 29.8 Å². The molecule has 1 rings (SSSR count). The molecule has 0 N–H and O–H groups in total. The summed E-state index contributed by atoms with van der Waals surface area (Å²) in [4.78, 5) is 10.8. The van der Waals surface area contributed by atoms with Gasteiger partial charge >= 0.3 is 0 Å². The van der Waals surface area contributed by atoms with E-state index < -0.39 is 5.41 Å². The number of hydrogen-bond donors (Lipinski definition) is 0. The van der Waals surface area contributed by atoms with Gasteiger partial charge in [-0.05, 0) is 31.5 Å². The maximum Gasteiger partial charge on any atom is 0.162 e. The fraction of sp³-hybridized carbons (Fsp3) is 0.364. The summed E-state index contributed by atoms with van der Waals surface area (Å²) in [7, 11) is 0. The number of ether oxygens (including phenoxy) is 1. The van der Waals surface area contributed by atoms with E-state index in [1.165, 1.54) is 0 Å². The van der Waals surface area contributed by atoms with Gasteiger partial charge in [0, 0.05) is 5.41 Å². The molecule has 1 aromatic carbocycles. The molecule has 0 bridgehead atoms. The summed E-state index contributed by atoms with van der Waals surface area (Å²) in [6, 6.07) is 7.49. The molecule has 0 heterocycles. The summed E-state index contributed by atoms with van der Waals surface area (Å²) in [6.07, 6.45) is 0.935. The van der Waals surface area contributed by atoms with Crippen LogP contribution in [0.25, 0.3) is 0 Å². The average Bonchev–Trinajstić information content (AvgIpc) is 2.19. The molecule has 0 radical (unpaired) electrons.